The fourth-order valence-electron chi connectivity index (χ4n) is 4.54. The first-order chi connectivity index (χ1) is 16.5. The molecule has 174 valence electrons. The van der Waals surface area contributed by atoms with Crippen molar-refractivity contribution in [1.29, 1.82) is 0 Å². The number of carbonyl (C=O) groups is 2. The largest absolute Gasteiger partial charge is 0.490 e. The Morgan fingerprint density at radius 2 is 1.79 bits per heavy atom. The molecule has 0 radical (unpaired) electrons. The Bertz CT molecular complexity index is 1240. The number of fused-ring (bicyclic) bond motifs is 2. The monoisotopic (exact) mass is 473 g/mol. The topological polar surface area (TPSA) is 61.9 Å². The molecule has 0 saturated heterocycles. The molecule has 0 fully saturated rings. The number of hydrogen-bond donors (Lipinski definition) is 1. The molecule has 0 bridgehead atoms. The summed E-state index contributed by atoms with van der Waals surface area (Å²) in [6.45, 7) is 4.07. The summed E-state index contributed by atoms with van der Waals surface area (Å²) >= 11 is 1.70. The van der Waals surface area contributed by atoms with Crippen LogP contribution in [0.1, 0.15) is 28.4 Å². The second kappa shape index (κ2) is 9.43. The van der Waals surface area contributed by atoms with Gasteiger partial charge in [-0.3, -0.25) is 9.59 Å². The van der Waals surface area contributed by atoms with Crippen molar-refractivity contribution in [3.63, 3.8) is 0 Å². The van der Waals surface area contributed by atoms with Crippen molar-refractivity contribution < 1.29 is 14.3 Å². The summed E-state index contributed by atoms with van der Waals surface area (Å²) in [5.74, 6) is 0.652. The third kappa shape index (κ3) is 4.35. The van der Waals surface area contributed by atoms with Crippen LogP contribution in [0.3, 0.4) is 0 Å². The third-order valence-corrected chi connectivity index (χ3v) is 7.09. The number of nitrogens with one attached hydrogen (secondary N) is 1. The molecule has 2 aliphatic rings. The van der Waals surface area contributed by atoms with E-state index < -0.39 is 0 Å². The van der Waals surface area contributed by atoms with E-state index in [0.717, 1.165) is 42.1 Å². The van der Waals surface area contributed by atoms with Gasteiger partial charge >= 0.3 is 0 Å². The Hall–Kier alpha value is -3.45. The maximum Gasteiger partial charge on any atom is 0.251 e. The van der Waals surface area contributed by atoms with Crippen LogP contribution in [0.2, 0.25) is 0 Å². The quantitative estimate of drug-likeness (QED) is 0.541. The standard InChI is InChI=1S/C27H27N3O3S/c1-18(31)29-12-11-20-15-22(6-10-24(20)29)30-13-14-33-26-16-21(5-9-25(26)30)27(32)28-17-19-3-7-23(34-2)8-4-19/h3-10,15-16H,11-14,17H2,1-2H3,(H,28,32). The van der Waals surface area contributed by atoms with Gasteiger partial charge < -0.3 is 19.9 Å². The molecule has 5 rings (SSSR count). The molecule has 3 aromatic rings. The van der Waals surface area contributed by atoms with E-state index in [2.05, 4.69) is 34.5 Å². The number of rotatable bonds is 5. The number of hydrogen-bond acceptors (Lipinski definition) is 5. The van der Waals surface area contributed by atoms with Crippen molar-refractivity contribution in [1.82, 2.24) is 5.32 Å². The average molecular weight is 474 g/mol. The first kappa shape index (κ1) is 22.3. The van der Waals surface area contributed by atoms with Crippen LogP contribution in [0.25, 0.3) is 0 Å². The lowest BCUT2D eigenvalue weighted by Crippen LogP contribution is -2.29. The molecule has 2 amide bonds. The first-order valence-electron chi connectivity index (χ1n) is 11.4. The number of ether oxygens (including phenoxy) is 1. The molecule has 7 heteroatoms. The van der Waals surface area contributed by atoms with Crippen molar-refractivity contribution >= 4 is 40.6 Å². The van der Waals surface area contributed by atoms with Gasteiger partial charge in [-0.1, -0.05) is 12.1 Å². The van der Waals surface area contributed by atoms with E-state index in [0.29, 0.717) is 24.5 Å². The SMILES string of the molecule is CSc1ccc(CNC(=O)c2ccc3c(c2)OCCN3c2ccc3c(c2)CCN3C(C)=O)cc1. The zero-order valence-electron chi connectivity index (χ0n) is 19.3. The predicted octanol–water partition coefficient (Wildman–Crippen LogP) is 4.78. The van der Waals surface area contributed by atoms with Gasteiger partial charge in [0, 0.05) is 41.8 Å². The van der Waals surface area contributed by atoms with Crippen LogP contribution in [-0.4, -0.2) is 37.8 Å². The minimum absolute atomic E-state index is 0.0750. The number of thioether (sulfide) groups is 1. The lowest BCUT2D eigenvalue weighted by Gasteiger charge is -2.32. The predicted molar refractivity (Wildman–Crippen MR) is 137 cm³/mol. The molecule has 2 heterocycles. The number of nitrogens with zero attached hydrogens (tertiary/aromatic N) is 2. The number of amides is 2. The molecular weight excluding hydrogens is 446 g/mol. The second-order valence-electron chi connectivity index (χ2n) is 8.45. The third-order valence-electron chi connectivity index (χ3n) is 6.35. The Morgan fingerprint density at radius 3 is 2.56 bits per heavy atom. The van der Waals surface area contributed by atoms with Crippen molar-refractivity contribution in [3.8, 4) is 5.75 Å². The van der Waals surface area contributed by atoms with Crippen molar-refractivity contribution in [2.45, 2.75) is 24.8 Å². The molecule has 2 aliphatic heterocycles. The van der Waals surface area contributed by atoms with Gasteiger partial charge in [0.2, 0.25) is 5.91 Å². The lowest BCUT2D eigenvalue weighted by molar-refractivity contribution is -0.116. The maximum atomic E-state index is 12.8. The van der Waals surface area contributed by atoms with Crippen molar-refractivity contribution in [3.05, 3.63) is 77.4 Å². The minimum Gasteiger partial charge on any atom is -0.490 e. The summed E-state index contributed by atoms with van der Waals surface area (Å²) in [5, 5.41) is 3.00. The summed E-state index contributed by atoms with van der Waals surface area (Å²) in [7, 11) is 0. The van der Waals surface area contributed by atoms with E-state index in [4.69, 9.17) is 4.74 Å². The average Bonchev–Trinajstić information content (AvgIpc) is 3.30. The van der Waals surface area contributed by atoms with E-state index in [1.165, 1.54) is 10.5 Å². The number of anilines is 3. The normalized spacial score (nSPS) is 14.3. The van der Waals surface area contributed by atoms with Gasteiger partial charge in [0.25, 0.3) is 5.91 Å². The molecule has 0 aromatic heterocycles. The highest BCUT2D eigenvalue weighted by Gasteiger charge is 2.25. The summed E-state index contributed by atoms with van der Waals surface area (Å²) in [6, 6.07) is 20.0. The van der Waals surface area contributed by atoms with Crippen LogP contribution in [0.15, 0.2) is 65.6 Å². The number of benzene rings is 3. The fraction of sp³-hybridized carbons (Fsp3) is 0.259. The molecule has 3 aromatic carbocycles. The smallest absolute Gasteiger partial charge is 0.251 e. The van der Waals surface area contributed by atoms with Crippen LogP contribution in [0, 0.1) is 0 Å². The zero-order valence-corrected chi connectivity index (χ0v) is 20.2. The highest BCUT2D eigenvalue weighted by molar-refractivity contribution is 7.98. The summed E-state index contributed by atoms with van der Waals surface area (Å²) in [4.78, 5) is 29.9. The van der Waals surface area contributed by atoms with Crippen LogP contribution < -0.4 is 19.9 Å². The first-order valence-corrected chi connectivity index (χ1v) is 12.6. The Kier molecular flexibility index (Phi) is 6.20. The summed E-state index contributed by atoms with van der Waals surface area (Å²) in [5.41, 5.74) is 5.83. The molecule has 6 nitrogen and oxygen atoms in total. The summed E-state index contributed by atoms with van der Waals surface area (Å²) in [6.07, 6.45) is 2.90. The van der Waals surface area contributed by atoms with Gasteiger partial charge in [-0.2, -0.15) is 0 Å². The van der Waals surface area contributed by atoms with Gasteiger partial charge in [0.1, 0.15) is 12.4 Å². The van der Waals surface area contributed by atoms with E-state index in [1.807, 2.05) is 47.6 Å². The molecule has 0 atom stereocenters. The minimum atomic E-state index is -0.126. The molecule has 0 spiro atoms. The fourth-order valence-corrected chi connectivity index (χ4v) is 4.95. The molecule has 0 saturated carbocycles. The lowest BCUT2D eigenvalue weighted by atomic mass is 10.1. The Labute approximate surface area is 203 Å². The maximum absolute atomic E-state index is 12.8. The molecule has 0 unspecified atom stereocenters. The highest BCUT2D eigenvalue weighted by atomic mass is 32.2. The molecule has 34 heavy (non-hydrogen) atoms. The van der Waals surface area contributed by atoms with Crippen molar-refractivity contribution in [2.75, 3.05) is 35.8 Å². The van der Waals surface area contributed by atoms with Gasteiger partial charge in [0.15, 0.2) is 0 Å². The van der Waals surface area contributed by atoms with Gasteiger partial charge in [0.05, 0.1) is 12.2 Å². The van der Waals surface area contributed by atoms with E-state index in [-0.39, 0.29) is 11.8 Å². The zero-order chi connectivity index (χ0) is 23.7. The van der Waals surface area contributed by atoms with Crippen LogP contribution in [0.5, 0.6) is 5.75 Å². The van der Waals surface area contributed by atoms with E-state index in [9.17, 15) is 9.59 Å². The van der Waals surface area contributed by atoms with Gasteiger partial charge in [-0.05, 0) is 72.3 Å². The molecule has 0 aliphatic carbocycles. The highest BCUT2D eigenvalue weighted by Crippen LogP contribution is 2.40. The summed E-state index contributed by atoms with van der Waals surface area (Å²) < 4.78 is 5.92. The van der Waals surface area contributed by atoms with Crippen LogP contribution >= 0.6 is 11.8 Å². The Balaban J connectivity index is 1.32. The van der Waals surface area contributed by atoms with E-state index >= 15 is 0 Å². The van der Waals surface area contributed by atoms with E-state index in [1.54, 1.807) is 18.7 Å². The van der Waals surface area contributed by atoms with Crippen molar-refractivity contribution in [2.24, 2.45) is 0 Å². The second-order valence-corrected chi connectivity index (χ2v) is 9.33. The molecule has 1 N–H and O–H groups in total. The Morgan fingerprint density at radius 1 is 1.00 bits per heavy atom. The van der Waals surface area contributed by atoms with Crippen LogP contribution in [0.4, 0.5) is 17.1 Å². The van der Waals surface area contributed by atoms with Gasteiger partial charge in [-0.15, -0.1) is 11.8 Å². The molecular formula is C27H27N3O3S. The van der Waals surface area contributed by atoms with Gasteiger partial charge in [-0.25, -0.2) is 0 Å². The van der Waals surface area contributed by atoms with Crippen LogP contribution in [-0.2, 0) is 17.8 Å². The number of carbonyl (C=O) groups excluding carboxylic acids is 2.